The molecule has 0 aliphatic carbocycles. The van der Waals surface area contributed by atoms with Gasteiger partial charge in [-0.3, -0.25) is 14.4 Å². The monoisotopic (exact) mass is 303 g/mol. The highest BCUT2D eigenvalue weighted by Gasteiger charge is 2.35. The molecule has 1 aromatic rings. The number of likely N-dealkylation sites (tertiary alicyclic amines) is 1. The van der Waals surface area contributed by atoms with E-state index in [-0.39, 0.29) is 36.1 Å². The summed E-state index contributed by atoms with van der Waals surface area (Å²) in [6.07, 6.45) is 0.250. The molecule has 1 heterocycles. The summed E-state index contributed by atoms with van der Waals surface area (Å²) >= 11 is 0. The maximum atomic E-state index is 12.2. The lowest BCUT2D eigenvalue weighted by atomic mass is 10.1. The second-order valence-corrected chi connectivity index (χ2v) is 5.69. The molecule has 0 aromatic heterocycles. The quantitative estimate of drug-likeness (QED) is 0.878. The van der Waals surface area contributed by atoms with Gasteiger partial charge in [0.2, 0.25) is 11.8 Å². The Hall–Kier alpha value is -2.37. The highest BCUT2D eigenvalue weighted by atomic mass is 16.2. The molecule has 0 bridgehead atoms. The van der Waals surface area contributed by atoms with Crippen LogP contribution in [0.4, 0.5) is 5.69 Å². The zero-order valence-electron chi connectivity index (χ0n) is 13.1. The predicted octanol–water partition coefficient (Wildman–Crippen LogP) is 1.24. The minimum absolute atomic E-state index is 0.0186. The minimum Gasteiger partial charge on any atom is -0.355 e. The molecule has 2 rings (SSSR count). The zero-order chi connectivity index (χ0) is 16.3. The largest absolute Gasteiger partial charge is 0.355 e. The number of rotatable bonds is 4. The van der Waals surface area contributed by atoms with E-state index in [4.69, 9.17) is 0 Å². The van der Waals surface area contributed by atoms with Gasteiger partial charge in [0, 0.05) is 37.3 Å². The van der Waals surface area contributed by atoms with Crippen molar-refractivity contribution in [3.63, 3.8) is 0 Å². The Morgan fingerprint density at radius 1 is 1.23 bits per heavy atom. The molecule has 2 N–H and O–H groups in total. The van der Waals surface area contributed by atoms with E-state index in [1.165, 1.54) is 0 Å². The van der Waals surface area contributed by atoms with E-state index in [0.717, 1.165) is 0 Å². The van der Waals surface area contributed by atoms with Crippen LogP contribution in [0.3, 0.4) is 0 Å². The highest BCUT2D eigenvalue weighted by molar-refractivity contribution is 5.98. The van der Waals surface area contributed by atoms with Crippen LogP contribution in [-0.2, 0) is 9.59 Å². The van der Waals surface area contributed by atoms with Crippen LogP contribution in [0.15, 0.2) is 24.3 Å². The van der Waals surface area contributed by atoms with Crippen LogP contribution in [0.5, 0.6) is 0 Å². The second kappa shape index (κ2) is 6.60. The second-order valence-electron chi connectivity index (χ2n) is 5.69. The summed E-state index contributed by atoms with van der Waals surface area (Å²) in [7, 11) is 1.57. The van der Waals surface area contributed by atoms with Crippen LogP contribution in [-0.4, -0.2) is 42.3 Å². The average Bonchev–Trinajstić information content (AvgIpc) is 2.89. The molecule has 1 aromatic carbocycles. The van der Waals surface area contributed by atoms with E-state index in [1.54, 1.807) is 36.2 Å². The van der Waals surface area contributed by atoms with Gasteiger partial charge in [-0.15, -0.1) is 0 Å². The van der Waals surface area contributed by atoms with Crippen LogP contribution in [0.25, 0.3) is 0 Å². The summed E-state index contributed by atoms with van der Waals surface area (Å²) in [6.45, 7) is 4.34. The van der Waals surface area contributed by atoms with Crippen LogP contribution in [0.1, 0.15) is 30.6 Å². The number of benzene rings is 1. The number of nitrogens with one attached hydrogen (secondary N) is 2. The van der Waals surface area contributed by atoms with E-state index in [9.17, 15) is 14.4 Å². The average molecular weight is 303 g/mol. The molecule has 1 saturated heterocycles. The number of nitrogens with zero attached hydrogens (tertiary/aromatic N) is 1. The number of amides is 3. The molecule has 1 aliphatic heterocycles. The van der Waals surface area contributed by atoms with Crippen LogP contribution >= 0.6 is 0 Å². The lowest BCUT2D eigenvalue weighted by Crippen LogP contribution is -2.33. The first-order valence-electron chi connectivity index (χ1n) is 7.35. The van der Waals surface area contributed by atoms with Crippen LogP contribution in [0, 0.1) is 5.92 Å². The molecular weight excluding hydrogens is 282 g/mol. The molecule has 1 aliphatic rings. The summed E-state index contributed by atoms with van der Waals surface area (Å²) in [5.41, 5.74) is 1.15. The van der Waals surface area contributed by atoms with Crippen molar-refractivity contribution in [2.75, 3.05) is 18.9 Å². The standard InChI is InChI=1S/C16H21N3O3/c1-10(2)19-9-12(8-14(19)20)16(22)18-13-6-4-11(5-7-13)15(21)17-3/h4-7,10,12H,8-9H2,1-3H3,(H,17,21)(H,18,22). The van der Waals surface area contributed by atoms with Gasteiger partial charge in [0.15, 0.2) is 0 Å². The highest BCUT2D eigenvalue weighted by Crippen LogP contribution is 2.22. The van der Waals surface area contributed by atoms with Crippen LogP contribution in [0.2, 0.25) is 0 Å². The molecule has 0 saturated carbocycles. The van der Waals surface area contributed by atoms with Gasteiger partial charge >= 0.3 is 0 Å². The molecule has 1 unspecified atom stereocenters. The van der Waals surface area contributed by atoms with Gasteiger partial charge in [-0.1, -0.05) is 0 Å². The summed E-state index contributed by atoms with van der Waals surface area (Å²) in [6, 6.07) is 6.76. The summed E-state index contributed by atoms with van der Waals surface area (Å²) in [5, 5.41) is 5.34. The van der Waals surface area contributed by atoms with Gasteiger partial charge in [0.05, 0.1) is 5.92 Å². The fraction of sp³-hybridized carbons (Fsp3) is 0.438. The van der Waals surface area contributed by atoms with Crippen molar-refractivity contribution in [2.24, 2.45) is 5.92 Å². The van der Waals surface area contributed by atoms with Crippen molar-refractivity contribution in [3.8, 4) is 0 Å². The Bertz CT molecular complexity index is 581. The Morgan fingerprint density at radius 2 is 1.86 bits per heavy atom. The maximum Gasteiger partial charge on any atom is 0.251 e. The Morgan fingerprint density at radius 3 is 2.36 bits per heavy atom. The molecule has 3 amide bonds. The third-order valence-corrected chi connectivity index (χ3v) is 3.79. The van der Waals surface area contributed by atoms with Gasteiger partial charge in [-0.05, 0) is 38.1 Å². The van der Waals surface area contributed by atoms with Gasteiger partial charge in [0.1, 0.15) is 0 Å². The van der Waals surface area contributed by atoms with Gasteiger partial charge in [-0.25, -0.2) is 0 Å². The lowest BCUT2D eigenvalue weighted by molar-refractivity contribution is -0.129. The van der Waals surface area contributed by atoms with Gasteiger partial charge in [0.25, 0.3) is 5.91 Å². The number of carbonyl (C=O) groups is 3. The first-order chi connectivity index (χ1) is 10.4. The van der Waals surface area contributed by atoms with Crippen molar-refractivity contribution < 1.29 is 14.4 Å². The Kier molecular flexibility index (Phi) is 4.80. The van der Waals surface area contributed by atoms with Crippen molar-refractivity contribution >= 4 is 23.4 Å². The Labute approximate surface area is 129 Å². The summed E-state index contributed by atoms with van der Waals surface area (Å²) < 4.78 is 0. The van der Waals surface area contributed by atoms with E-state index < -0.39 is 0 Å². The minimum atomic E-state index is -0.325. The molecule has 6 nitrogen and oxygen atoms in total. The van der Waals surface area contributed by atoms with Crippen molar-refractivity contribution in [2.45, 2.75) is 26.3 Å². The molecular formula is C16H21N3O3. The first kappa shape index (κ1) is 16.0. The predicted molar refractivity (Wildman–Crippen MR) is 83.4 cm³/mol. The zero-order valence-corrected chi connectivity index (χ0v) is 13.1. The number of hydrogen-bond donors (Lipinski definition) is 2. The number of anilines is 1. The van der Waals surface area contributed by atoms with Crippen molar-refractivity contribution in [3.05, 3.63) is 29.8 Å². The SMILES string of the molecule is CNC(=O)c1ccc(NC(=O)C2CC(=O)N(C(C)C)C2)cc1. The maximum absolute atomic E-state index is 12.2. The molecule has 118 valence electrons. The van der Waals surface area contributed by atoms with E-state index in [1.807, 2.05) is 13.8 Å². The number of carbonyl (C=O) groups excluding carboxylic acids is 3. The lowest BCUT2D eigenvalue weighted by Gasteiger charge is -2.20. The van der Waals surface area contributed by atoms with E-state index in [2.05, 4.69) is 10.6 Å². The molecule has 6 heteroatoms. The Balaban J connectivity index is 1.98. The smallest absolute Gasteiger partial charge is 0.251 e. The summed E-state index contributed by atoms with van der Waals surface area (Å²) in [4.78, 5) is 37.2. The molecule has 1 atom stereocenters. The van der Waals surface area contributed by atoms with Crippen molar-refractivity contribution in [1.82, 2.24) is 10.2 Å². The molecule has 1 fully saturated rings. The first-order valence-corrected chi connectivity index (χ1v) is 7.35. The number of hydrogen-bond acceptors (Lipinski definition) is 3. The van der Waals surface area contributed by atoms with E-state index >= 15 is 0 Å². The van der Waals surface area contributed by atoms with E-state index in [0.29, 0.717) is 17.8 Å². The molecule has 0 radical (unpaired) electrons. The fourth-order valence-corrected chi connectivity index (χ4v) is 2.50. The molecule has 0 spiro atoms. The third kappa shape index (κ3) is 3.44. The van der Waals surface area contributed by atoms with Gasteiger partial charge < -0.3 is 15.5 Å². The molecule has 22 heavy (non-hydrogen) atoms. The van der Waals surface area contributed by atoms with Crippen molar-refractivity contribution in [1.29, 1.82) is 0 Å². The topological polar surface area (TPSA) is 78.5 Å². The fourth-order valence-electron chi connectivity index (χ4n) is 2.50. The summed E-state index contributed by atoms with van der Waals surface area (Å²) in [5.74, 6) is -0.644. The third-order valence-electron chi connectivity index (χ3n) is 3.79. The normalized spacial score (nSPS) is 17.7. The van der Waals surface area contributed by atoms with Gasteiger partial charge in [-0.2, -0.15) is 0 Å². The van der Waals surface area contributed by atoms with Crippen LogP contribution < -0.4 is 10.6 Å².